The van der Waals surface area contributed by atoms with E-state index in [-0.39, 0.29) is 84.1 Å². The van der Waals surface area contributed by atoms with Gasteiger partial charge in [0, 0.05) is 12.6 Å². The van der Waals surface area contributed by atoms with Crippen molar-refractivity contribution in [3.05, 3.63) is 22.7 Å². The fourth-order valence-electron chi connectivity index (χ4n) is 1.77. The molecule has 1 aromatic heterocycles. The Morgan fingerprint density at radius 1 is 1.54 bits per heavy atom. The van der Waals surface area contributed by atoms with Crippen molar-refractivity contribution in [3.8, 4) is 0 Å². The van der Waals surface area contributed by atoms with Crippen molar-refractivity contribution in [2.24, 2.45) is 5.92 Å². The second kappa shape index (κ2) is 13.8. The molecular formula is C13H22N3Na2O7P. The number of hydrogen-bond acceptors (Lipinski definition) is 9. The van der Waals surface area contributed by atoms with E-state index in [9.17, 15) is 24.3 Å². The summed E-state index contributed by atoms with van der Waals surface area (Å²) < 4.78 is 20.5. The maximum Gasteiger partial charge on any atom is 1.00 e. The van der Waals surface area contributed by atoms with Gasteiger partial charge in [-0.2, -0.15) is 4.98 Å². The maximum absolute atomic E-state index is 11.3. The summed E-state index contributed by atoms with van der Waals surface area (Å²) in [5.41, 5.74) is 4.88. The van der Waals surface area contributed by atoms with E-state index in [0.717, 1.165) is 6.42 Å². The Bertz CT molecular complexity index is 628. The second-order valence-electron chi connectivity index (χ2n) is 5.48. The SMILES string of the molecule is CCC(C)COP(=O)([O-])[O-].Nc1ccn([C@H]2C[C@H](O)CO2)c(=O)n1.[Na+].[Na+]. The molecule has 1 aliphatic rings. The number of aromatic nitrogens is 2. The first-order chi connectivity index (χ1) is 11.1. The number of anilines is 1. The third-order valence-corrected chi connectivity index (χ3v) is 3.80. The molecule has 13 heteroatoms. The summed E-state index contributed by atoms with van der Waals surface area (Å²) in [5, 5.41) is 9.22. The number of hydrogen-bond donors (Lipinski definition) is 2. The third-order valence-electron chi connectivity index (χ3n) is 3.33. The first kappa shape index (κ1) is 28.9. The van der Waals surface area contributed by atoms with E-state index in [4.69, 9.17) is 10.5 Å². The van der Waals surface area contributed by atoms with Crippen LogP contribution in [0.4, 0.5) is 5.82 Å². The number of ether oxygens (including phenoxy) is 1. The number of phosphoric ester groups is 1. The van der Waals surface area contributed by atoms with Crippen LogP contribution in [-0.2, 0) is 13.8 Å². The van der Waals surface area contributed by atoms with Gasteiger partial charge in [0.2, 0.25) is 0 Å². The predicted molar refractivity (Wildman–Crippen MR) is 81.5 cm³/mol. The molecule has 0 spiro atoms. The standard InChI is InChI=1S/C8H11N3O3.C5H13O4P.2Na/c9-6-1-2-11(8(13)10-6)7-3-5(12)4-14-7;1-3-5(2)4-9-10(6,7)8;;/h1-2,5,7,12H,3-4H2,(H2,9,10,13);5H,3-4H2,1-2H3,(H2,6,7,8);;/q;;2*+1/p-2/t5-,7+;;;/m0.../s1. The van der Waals surface area contributed by atoms with E-state index in [1.165, 1.54) is 16.8 Å². The molecule has 138 valence electrons. The predicted octanol–water partition coefficient (Wildman–Crippen LogP) is -7.01. The van der Waals surface area contributed by atoms with Crippen molar-refractivity contribution >= 4 is 13.6 Å². The number of nitrogens with zero attached hydrogens (tertiary/aromatic N) is 2. The molecule has 10 nitrogen and oxygen atoms in total. The second-order valence-corrected chi connectivity index (χ2v) is 6.63. The van der Waals surface area contributed by atoms with E-state index in [1.807, 2.05) is 13.8 Å². The summed E-state index contributed by atoms with van der Waals surface area (Å²) in [4.78, 5) is 34.7. The van der Waals surface area contributed by atoms with Gasteiger partial charge in [-0.15, -0.1) is 0 Å². The minimum atomic E-state index is -4.73. The van der Waals surface area contributed by atoms with E-state index in [0.29, 0.717) is 6.42 Å². The Labute approximate surface area is 196 Å². The van der Waals surface area contributed by atoms with Crippen LogP contribution in [0.2, 0.25) is 0 Å². The van der Waals surface area contributed by atoms with Crippen LogP contribution in [0.25, 0.3) is 0 Å². The molecule has 1 unspecified atom stereocenters. The molecule has 0 bridgehead atoms. The Kier molecular flexibility index (Phi) is 15.4. The van der Waals surface area contributed by atoms with Crippen LogP contribution >= 0.6 is 7.82 Å². The number of nitrogens with two attached hydrogens (primary N) is 1. The van der Waals surface area contributed by atoms with Crippen LogP contribution in [0, 0.1) is 5.92 Å². The Morgan fingerprint density at radius 2 is 2.15 bits per heavy atom. The summed E-state index contributed by atoms with van der Waals surface area (Å²) in [6, 6.07) is 1.52. The summed E-state index contributed by atoms with van der Waals surface area (Å²) in [5.74, 6) is 0.307. The first-order valence-electron chi connectivity index (χ1n) is 7.43. The van der Waals surface area contributed by atoms with Crippen molar-refractivity contribution in [1.29, 1.82) is 0 Å². The average Bonchev–Trinajstić information content (AvgIpc) is 2.91. The van der Waals surface area contributed by atoms with Gasteiger partial charge >= 0.3 is 64.8 Å². The monoisotopic (exact) mass is 409 g/mol. The molecule has 1 aromatic rings. The van der Waals surface area contributed by atoms with Crippen molar-refractivity contribution in [2.45, 2.75) is 39.0 Å². The fourth-order valence-corrected chi connectivity index (χ4v) is 2.20. The molecular weight excluding hydrogens is 387 g/mol. The number of phosphoric acid groups is 1. The zero-order chi connectivity index (χ0) is 18.3. The summed E-state index contributed by atoms with van der Waals surface area (Å²) in [7, 11) is -4.73. The molecule has 0 radical (unpaired) electrons. The van der Waals surface area contributed by atoms with Gasteiger partial charge in [-0.3, -0.25) is 4.57 Å². The Hall–Kier alpha value is 0.710. The molecule has 26 heavy (non-hydrogen) atoms. The number of nitrogen functional groups attached to an aromatic ring is 1. The van der Waals surface area contributed by atoms with Crippen LogP contribution in [0.3, 0.4) is 0 Å². The summed E-state index contributed by atoms with van der Waals surface area (Å²) in [6.07, 6.45) is 1.80. The van der Waals surface area contributed by atoms with Crippen molar-refractivity contribution in [1.82, 2.24) is 9.55 Å². The largest absolute Gasteiger partial charge is 1.00 e. The fraction of sp³-hybridized carbons (Fsp3) is 0.692. The molecule has 0 amide bonds. The molecule has 1 aliphatic heterocycles. The van der Waals surface area contributed by atoms with Gasteiger partial charge in [0.05, 0.1) is 27.1 Å². The normalized spacial score (nSPS) is 20.2. The van der Waals surface area contributed by atoms with Gasteiger partial charge in [0.15, 0.2) is 0 Å². The minimum absolute atomic E-state index is 0. The molecule has 3 N–H and O–H groups in total. The van der Waals surface area contributed by atoms with Gasteiger partial charge in [-0.05, 0) is 12.0 Å². The Morgan fingerprint density at radius 3 is 2.58 bits per heavy atom. The third kappa shape index (κ3) is 11.5. The average molecular weight is 409 g/mol. The van der Waals surface area contributed by atoms with Crippen LogP contribution in [0.1, 0.15) is 32.9 Å². The summed E-state index contributed by atoms with van der Waals surface area (Å²) in [6.45, 7) is 3.96. The van der Waals surface area contributed by atoms with Crippen molar-refractivity contribution in [3.63, 3.8) is 0 Å². The first-order valence-corrected chi connectivity index (χ1v) is 8.89. The molecule has 0 aromatic carbocycles. The molecule has 3 atom stereocenters. The summed E-state index contributed by atoms with van der Waals surface area (Å²) >= 11 is 0. The minimum Gasteiger partial charge on any atom is -0.790 e. The van der Waals surface area contributed by atoms with Crippen LogP contribution in [-0.4, -0.2) is 34.0 Å². The number of rotatable bonds is 5. The van der Waals surface area contributed by atoms with Crippen molar-refractivity contribution < 1.29 is 87.8 Å². The van der Waals surface area contributed by atoms with Gasteiger partial charge in [0.25, 0.3) is 0 Å². The number of aliphatic hydroxyl groups is 1. The van der Waals surface area contributed by atoms with E-state index >= 15 is 0 Å². The van der Waals surface area contributed by atoms with E-state index < -0.39 is 25.8 Å². The molecule has 2 heterocycles. The number of aliphatic hydroxyl groups excluding tert-OH is 1. The van der Waals surface area contributed by atoms with Gasteiger partial charge in [-0.1, -0.05) is 20.3 Å². The van der Waals surface area contributed by atoms with Crippen molar-refractivity contribution in [2.75, 3.05) is 18.9 Å². The zero-order valence-electron chi connectivity index (χ0n) is 15.5. The van der Waals surface area contributed by atoms with Crippen LogP contribution in [0.5, 0.6) is 0 Å². The van der Waals surface area contributed by atoms with Gasteiger partial charge in [-0.25, -0.2) is 4.79 Å². The van der Waals surface area contributed by atoms with E-state index in [1.54, 1.807) is 0 Å². The molecule has 2 rings (SSSR count). The smallest absolute Gasteiger partial charge is 0.790 e. The van der Waals surface area contributed by atoms with Gasteiger partial charge in [0.1, 0.15) is 12.0 Å². The Balaban J connectivity index is 0. The van der Waals surface area contributed by atoms with Gasteiger partial charge < -0.3 is 34.5 Å². The van der Waals surface area contributed by atoms with E-state index in [2.05, 4.69) is 9.51 Å². The molecule has 1 saturated heterocycles. The molecule has 0 saturated carbocycles. The quantitative estimate of drug-likeness (QED) is 0.355. The van der Waals surface area contributed by atoms with Crippen LogP contribution in [0.15, 0.2) is 17.1 Å². The molecule has 1 fully saturated rings. The maximum atomic E-state index is 11.3. The van der Waals surface area contributed by atoms with Crippen LogP contribution < -0.4 is 80.3 Å². The topological polar surface area (TPSA) is 163 Å². The molecule has 0 aliphatic carbocycles. The zero-order valence-corrected chi connectivity index (χ0v) is 20.4.